The second-order valence-corrected chi connectivity index (χ2v) is 8.05. The Kier molecular flexibility index (Phi) is 8.82. The summed E-state index contributed by atoms with van der Waals surface area (Å²) < 4.78 is 10.8. The standard InChI is InChI=1S/C21H34N4O2.HI/c1-21(2,17-5-7-19(26-4)8-6-17)16-23-20(22-3)25-10-9-18(15-25)24-11-13-27-14-12-24;/h5-8,18H,9-16H2,1-4H3,(H,22,23);1H. The molecule has 3 rings (SSSR count). The van der Waals surface area contributed by atoms with Gasteiger partial charge in [0.2, 0.25) is 0 Å². The Balaban J connectivity index is 0.00000280. The fraction of sp³-hybridized carbons (Fsp3) is 0.667. The van der Waals surface area contributed by atoms with E-state index < -0.39 is 0 Å². The fourth-order valence-electron chi connectivity index (χ4n) is 3.95. The van der Waals surface area contributed by atoms with Crippen molar-refractivity contribution in [2.45, 2.75) is 31.7 Å². The normalized spacial score (nSPS) is 21.4. The highest BCUT2D eigenvalue weighted by atomic mass is 127. The molecule has 0 aliphatic carbocycles. The number of hydrogen-bond donors (Lipinski definition) is 1. The lowest BCUT2D eigenvalue weighted by molar-refractivity contribution is 0.0195. The fourth-order valence-corrected chi connectivity index (χ4v) is 3.95. The van der Waals surface area contributed by atoms with Gasteiger partial charge in [-0.05, 0) is 24.1 Å². The van der Waals surface area contributed by atoms with E-state index in [4.69, 9.17) is 9.47 Å². The predicted molar refractivity (Wildman–Crippen MR) is 125 cm³/mol. The Morgan fingerprint density at radius 1 is 1.21 bits per heavy atom. The first-order valence-electron chi connectivity index (χ1n) is 9.95. The van der Waals surface area contributed by atoms with Crippen LogP contribution in [0.25, 0.3) is 0 Å². The number of likely N-dealkylation sites (tertiary alicyclic amines) is 1. The zero-order chi connectivity index (χ0) is 19.3. The first kappa shape index (κ1) is 23.2. The van der Waals surface area contributed by atoms with Crippen LogP contribution >= 0.6 is 24.0 Å². The summed E-state index contributed by atoms with van der Waals surface area (Å²) in [6.07, 6.45) is 1.20. The summed E-state index contributed by atoms with van der Waals surface area (Å²) in [6, 6.07) is 8.96. The summed E-state index contributed by atoms with van der Waals surface area (Å²) in [5.74, 6) is 1.90. The van der Waals surface area contributed by atoms with Crippen molar-refractivity contribution in [2.24, 2.45) is 4.99 Å². The van der Waals surface area contributed by atoms with Crippen molar-refractivity contribution in [1.82, 2.24) is 15.1 Å². The number of morpholine rings is 1. The van der Waals surface area contributed by atoms with Gasteiger partial charge < -0.3 is 19.7 Å². The summed E-state index contributed by atoms with van der Waals surface area (Å²) in [7, 11) is 3.58. The Bertz CT molecular complexity index is 630. The third-order valence-corrected chi connectivity index (χ3v) is 5.80. The molecule has 1 N–H and O–H groups in total. The van der Waals surface area contributed by atoms with Gasteiger partial charge >= 0.3 is 0 Å². The second-order valence-electron chi connectivity index (χ2n) is 8.05. The minimum Gasteiger partial charge on any atom is -0.497 e. The van der Waals surface area contributed by atoms with Crippen molar-refractivity contribution < 1.29 is 9.47 Å². The molecule has 6 nitrogen and oxygen atoms in total. The number of hydrogen-bond acceptors (Lipinski definition) is 4. The highest BCUT2D eigenvalue weighted by Gasteiger charge is 2.31. The van der Waals surface area contributed by atoms with E-state index in [1.54, 1.807) is 7.11 Å². The maximum atomic E-state index is 5.49. The van der Waals surface area contributed by atoms with Crippen molar-refractivity contribution in [2.75, 3.05) is 60.1 Å². The van der Waals surface area contributed by atoms with Crippen molar-refractivity contribution >= 4 is 29.9 Å². The first-order chi connectivity index (χ1) is 13.0. The average molecular weight is 502 g/mol. The van der Waals surface area contributed by atoms with E-state index in [9.17, 15) is 0 Å². The minimum atomic E-state index is 0. The van der Waals surface area contributed by atoms with Gasteiger partial charge in [-0.1, -0.05) is 26.0 Å². The molecule has 158 valence electrons. The molecule has 1 unspecified atom stereocenters. The third kappa shape index (κ3) is 5.73. The number of halogens is 1. The topological polar surface area (TPSA) is 49.3 Å². The number of nitrogens with one attached hydrogen (secondary N) is 1. The molecular formula is C21H35IN4O2. The summed E-state index contributed by atoms with van der Waals surface area (Å²) in [6.45, 7) is 11.3. The lowest BCUT2D eigenvalue weighted by atomic mass is 9.84. The Morgan fingerprint density at radius 3 is 2.50 bits per heavy atom. The summed E-state index contributed by atoms with van der Waals surface area (Å²) in [4.78, 5) is 9.50. The molecule has 7 heteroatoms. The number of guanidine groups is 1. The zero-order valence-electron chi connectivity index (χ0n) is 17.6. The van der Waals surface area contributed by atoms with E-state index in [0.717, 1.165) is 57.6 Å². The van der Waals surface area contributed by atoms with Crippen LogP contribution < -0.4 is 10.1 Å². The molecule has 0 spiro atoms. The van der Waals surface area contributed by atoms with Gasteiger partial charge in [0.25, 0.3) is 0 Å². The molecule has 2 aliphatic rings. The molecule has 0 saturated carbocycles. The van der Waals surface area contributed by atoms with Gasteiger partial charge in [-0.15, -0.1) is 24.0 Å². The number of methoxy groups -OCH3 is 1. The molecule has 2 saturated heterocycles. The van der Waals surface area contributed by atoms with Crippen LogP contribution in [0.3, 0.4) is 0 Å². The molecule has 0 amide bonds. The molecule has 2 heterocycles. The maximum Gasteiger partial charge on any atom is 0.193 e. The van der Waals surface area contributed by atoms with E-state index in [0.29, 0.717) is 6.04 Å². The van der Waals surface area contributed by atoms with Crippen LogP contribution in [-0.4, -0.2) is 81.9 Å². The molecule has 28 heavy (non-hydrogen) atoms. The zero-order valence-corrected chi connectivity index (χ0v) is 19.9. The van der Waals surface area contributed by atoms with E-state index in [2.05, 4.69) is 46.1 Å². The lowest BCUT2D eigenvalue weighted by Crippen LogP contribution is -2.48. The van der Waals surface area contributed by atoms with E-state index in [-0.39, 0.29) is 29.4 Å². The second kappa shape index (κ2) is 10.6. The Morgan fingerprint density at radius 2 is 1.89 bits per heavy atom. The summed E-state index contributed by atoms with van der Waals surface area (Å²) >= 11 is 0. The quantitative estimate of drug-likeness (QED) is 0.381. The molecule has 2 fully saturated rings. The van der Waals surface area contributed by atoms with Gasteiger partial charge in [0, 0.05) is 51.2 Å². The van der Waals surface area contributed by atoms with E-state index >= 15 is 0 Å². The number of nitrogens with zero attached hydrogens (tertiary/aromatic N) is 3. The highest BCUT2D eigenvalue weighted by molar-refractivity contribution is 14.0. The van der Waals surface area contributed by atoms with Gasteiger partial charge in [0.1, 0.15) is 5.75 Å². The molecule has 1 aromatic carbocycles. The van der Waals surface area contributed by atoms with Gasteiger partial charge in [0.05, 0.1) is 20.3 Å². The van der Waals surface area contributed by atoms with Crippen molar-refractivity contribution in [3.8, 4) is 5.75 Å². The number of benzene rings is 1. The maximum absolute atomic E-state index is 5.49. The Labute approximate surface area is 186 Å². The molecule has 0 radical (unpaired) electrons. The van der Waals surface area contributed by atoms with Crippen LogP contribution in [0.1, 0.15) is 25.8 Å². The van der Waals surface area contributed by atoms with Crippen LogP contribution in [-0.2, 0) is 10.2 Å². The number of ether oxygens (including phenoxy) is 2. The van der Waals surface area contributed by atoms with Crippen LogP contribution in [0.2, 0.25) is 0 Å². The summed E-state index contributed by atoms with van der Waals surface area (Å²) in [5, 5.41) is 3.60. The first-order valence-corrected chi connectivity index (χ1v) is 9.95. The molecule has 1 atom stereocenters. The van der Waals surface area contributed by atoms with Gasteiger partial charge in [0.15, 0.2) is 5.96 Å². The molecule has 1 aromatic rings. The monoisotopic (exact) mass is 502 g/mol. The average Bonchev–Trinajstić information content (AvgIpc) is 3.19. The van der Waals surface area contributed by atoms with E-state index in [1.165, 1.54) is 12.0 Å². The molecular weight excluding hydrogens is 467 g/mol. The minimum absolute atomic E-state index is 0. The number of aliphatic imine (C=N–C) groups is 1. The van der Waals surface area contributed by atoms with Crippen LogP contribution in [0.5, 0.6) is 5.75 Å². The van der Waals surface area contributed by atoms with Gasteiger partial charge in [-0.2, -0.15) is 0 Å². The third-order valence-electron chi connectivity index (χ3n) is 5.80. The molecule has 0 bridgehead atoms. The smallest absolute Gasteiger partial charge is 0.193 e. The SMILES string of the molecule is CN=C(NCC(C)(C)c1ccc(OC)cc1)N1CCC(N2CCOCC2)C1.I. The van der Waals surface area contributed by atoms with Crippen molar-refractivity contribution in [3.63, 3.8) is 0 Å². The number of rotatable bonds is 5. The van der Waals surface area contributed by atoms with Gasteiger partial charge in [-0.3, -0.25) is 9.89 Å². The van der Waals surface area contributed by atoms with Crippen LogP contribution in [0.4, 0.5) is 0 Å². The summed E-state index contributed by atoms with van der Waals surface area (Å²) in [5.41, 5.74) is 1.30. The molecule has 2 aliphatic heterocycles. The van der Waals surface area contributed by atoms with E-state index in [1.807, 2.05) is 19.2 Å². The van der Waals surface area contributed by atoms with Gasteiger partial charge in [-0.25, -0.2) is 0 Å². The van der Waals surface area contributed by atoms with Crippen molar-refractivity contribution in [1.29, 1.82) is 0 Å². The highest BCUT2D eigenvalue weighted by Crippen LogP contribution is 2.25. The van der Waals surface area contributed by atoms with Crippen LogP contribution in [0.15, 0.2) is 29.3 Å². The Hall–Kier alpha value is -1.06. The molecule has 0 aromatic heterocycles. The lowest BCUT2D eigenvalue weighted by Gasteiger charge is -2.33. The van der Waals surface area contributed by atoms with Crippen LogP contribution in [0, 0.1) is 0 Å². The van der Waals surface area contributed by atoms with Crippen molar-refractivity contribution in [3.05, 3.63) is 29.8 Å². The predicted octanol–water partition coefficient (Wildman–Crippen LogP) is 2.57. The largest absolute Gasteiger partial charge is 0.497 e.